The van der Waals surface area contributed by atoms with Crippen LogP contribution in [0.1, 0.15) is 16.8 Å². The van der Waals surface area contributed by atoms with Crippen LogP contribution in [0.4, 0.5) is 4.39 Å². The molecule has 2 heterocycles. The van der Waals surface area contributed by atoms with E-state index in [0.29, 0.717) is 5.56 Å². The molecule has 2 aromatic carbocycles. The molecule has 2 aromatic heterocycles. The van der Waals surface area contributed by atoms with E-state index < -0.39 is 0 Å². The average molecular weight is 361 g/mol. The van der Waals surface area contributed by atoms with Gasteiger partial charge in [0.05, 0.1) is 11.7 Å². The van der Waals surface area contributed by atoms with Crippen LogP contribution in [0.5, 0.6) is 5.75 Å². The maximum Gasteiger partial charge on any atom is 0.129 e. The lowest BCUT2D eigenvalue weighted by Crippen LogP contribution is -2.00. The standard InChI is InChI=1S/C22H20FN3O/c1-14-5-4-6-18(9-14)27-13-17-11-16(7-8-20(17)23)19-10-15(2)25-21-12-24-26(3)22(19)21/h4-12H,13H2,1-3H3. The molecule has 0 amide bonds. The van der Waals surface area contributed by atoms with Gasteiger partial charge in [0.2, 0.25) is 0 Å². The Morgan fingerprint density at radius 2 is 1.93 bits per heavy atom. The van der Waals surface area contributed by atoms with Crippen LogP contribution in [-0.2, 0) is 13.7 Å². The van der Waals surface area contributed by atoms with Crippen molar-refractivity contribution in [2.45, 2.75) is 20.5 Å². The third kappa shape index (κ3) is 3.40. The third-order valence-corrected chi connectivity index (χ3v) is 4.57. The van der Waals surface area contributed by atoms with Crippen LogP contribution in [0.2, 0.25) is 0 Å². The first-order valence-corrected chi connectivity index (χ1v) is 8.79. The number of benzene rings is 2. The van der Waals surface area contributed by atoms with Crippen LogP contribution in [0.15, 0.2) is 54.7 Å². The Morgan fingerprint density at radius 1 is 1.07 bits per heavy atom. The van der Waals surface area contributed by atoms with E-state index in [-0.39, 0.29) is 12.4 Å². The van der Waals surface area contributed by atoms with Gasteiger partial charge < -0.3 is 4.74 Å². The van der Waals surface area contributed by atoms with Crippen LogP contribution in [-0.4, -0.2) is 14.8 Å². The Bertz CT molecular complexity index is 1130. The van der Waals surface area contributed by atoms with Gasteiger partial charge in [-0.2, -0.15) is 5.10 Å². The molecule has 0 fully saturated rings. The second-order valence-corrected chi connectivity index (χ2v) is 6.72. The van der Waals surface area contributed by atoms with Crippen molar-refractivity contribution in [3.8, 4) is 16.9 Å². The number of nitrogens with zero attached hydrogens (tertiary/aromatic N) is 3. The summed E-state index contributed by atoms with van der Waals surface area (Å²) >= 11 is 0. The van der Waals surface area contributed by atoms with Gasteiger partial charge in [-0.15, -0.1) is 0 Å². The summed E-state index contributed by atoms with van der Waals surface area (Å²) in [6.07, 6.45) is 1.75. The van der Waals surface area contributed by atoms with Crippen molar-refractivity contribution in [2.24, 2.45) is 7.05 Å². The minimum atomic E-state index is -0.279. The quantitative estimate of drug-likeness (QED) is 0.515. The third-order valence-electron chi connectivity index (χ3n) is 4.57. The molecule has 0 N–H and O–H groups in total. The lowest BCUT2D eigenvalue weighted by Gasteiger charge is -2.11. The van der Waals surface area contributed by atoms with Gasteiger partial charge in [0.25, 0.3) is 0 Å². The minimum Gasteiger partial charge on any atom is -0.489 e. The van der Waals surface area contributed by atoms with E-state index in [1.165, 1.54) is 6.07 Å². The number of aryl methyl sites for hydroxylation is 3. The van der Waals surface area contributed by atoms with Crippen LogP contribution in [0.3, 0.4) is 0 Å². The summed E-state index contributed by atoms with van der Waals surface area (Å²) in [6, 6.07) is 14.9. The van der Waals surface area contributed by atoms with Crippen molar-refractivity contribution in [2.75, 3.05) is 0 Å². The number of pyridine rings is 1. The van der Waals surface area contributed by atoms with Gasteiger partial charge in [-0.3, -0.25) is 4.68 Å². The molecular formula is C22H20FN3O. The molecule has 0 aliphatic rings. The Kier molecular flexibility index (Phi) is 4.36. The highest BCUT2D eigenvalue weighted by Crippen LogP contribution is 2.30. The summed E-state index contributed by atoms with van der Waals surface area (Å²) in [5.74, 6) is 0.451. The molecule has 0 unspecified atom stereocenters. The number of halogens is 1. The number of aromatic nitrogens is 3. The zero-order valence-electron chi connectivity index (χ0n) is 15.5. The Labute approximate surface area is 157 Å². The lowest BCUT2D eigenvalue weighted by molar-refractivity contribution is 0.299. The zero-order chi connectivity index (χ0) is 19.0. The van der Waals surface area contributed by atoms with Gasteiger partial charge in [-0.05, 0) is 55.3 Å². The number of fused-ring (bicyclic) bond motifs is 1. The van der Waals surface area contributed by atoms with E-state index in [2.05, 4.69) is 10.1 Å². The van der Waals surface area contributed by atoms with E-state index in [4.69, 9.17) is 4.74 Å². The minimum absolute atomic E-state index is 0.168. The van der Waals surface area contributed by atoms with Crippen molar-refractivity contribution >= 4 is 11.0 Å². The molecule has 0 saturated carbocycles. The van der Waals surface area contributed by atoms with E-state index in [0.717, 1.165) is 39.2 Å². The average Bonchev–Trinajstić information content (AvgIpc) is 3.01. The fourth-order valence-corrected chi connectivity index (χ4v) is 3.26. The molecule has 4 aromatic rings. The van der Waals surface area contributed by atoms with E-state index in [9.17, 15) is 4.39 Å². The number of hydrogen-bond acceptors (Lipinski definition) is 3. The summed E-state index contributed by atoms with van der Waals surface area (Å²) in [6.45, 7) is 4.11. The smallest absolute Gasteiger partial charge is 0.129 e. The van der Waals surface area contributed by atoms with Crippen molar-refractivity contribution in [1.82, 2.24) is 14.8 Å². The second-order valence-electron chi connectivity index (χ2n) is 6.72. The van der Waals surface area contributed by atoms with Crippen molar-refractivity contribution < 1.29 is 9.13 Å². The Balaban J connectivity index is 1.72. The highest BCUT2D eigenvalue weighted by Gasteiger charge is 2.13. The van der Waals surface area contributed by atoms with Crippen LogP contribution in [0, 0.1) is 19.7 Å². The van der Waals surface area contributed by atoms with E-state index >= 15 is 0 Å². The molecule has 0 aliphatic carbocycles. The largest absolute Gasteiger partial charge is 0.489 e. The monoisotopic (exact) mass is 361 g/mol. The van der Waals surface area contributed by atoms with Crippen molar-refractivity contribution in [1.29, 1.82) is 0 Å². The normalized spacial score (nSPS) is 11.1. The zero-order valence-corrected chi connectivity index (χ0v) is 15.5. The molecule has 0 aliphatic heterocycles. The van der Waals surface area contributed by atoms with Gasteiger partial charge in [-0.25, -0.2) is 9.37 Å². The maximum absolute atomic E-state index is 14.4. The van der Waals surface area contributed by atoms with Gasteiger partial charge in [0.1, 0.15) is 23.7 Å². The fraction of sp³-hybridized carbons (Fsp3) is 0.182. The lowest BCUT2D eigenvalue weighted by atomic mass is 10.0. The van der Waals surface area contributed by atoms with Crippen molar-refractivity contribution in [3.63, 3.8) is 0 Å². The highest BCUT2D eigenvalue weighted by molar-refractivity contribution is 5.91. The molecule has 5 heteroatoms. The van der Waals surface area contributed by atoms with Crippen LogP contribution >= 0.6 is 0 Å². The Hall–Kier alpha value is -3.21. The first-order valence-electron chi connectivity index (χ1n) is 8.79. The summed E-state index contributed by atoms with van der Waals surface area (Å²) in [5.41, 5.74) is 6.17. The first-order chi connectivity index (χ1) is 13.0. The van der Waals surface area contributed by atoms with Gasteiger partial charge in [0, 0.05) is 23.9 Å². The summed E-state index contributed by atoms with van der Waals surface area (Å²) in [4.78, 5) is 4.52. The molecule has 0 atom stereocenters. The van der Waals surface area contributed by atoms with Gasteiger partial charge >= 0.3 is 0 Å². The van der Waals surface area contributed by atoms with Gasteiger partial charge in [0.15, 0.2) is 0 Å². The van der Waals surface area contributed by atoms with Crippen LogP contribution < -0.4 is 4.74 Å². The molecule has 0 saturated heterocycles. The molecular weight excluding hydrogens is 341 g/mol. The number of rotatable bonds is 4. The second kappa shape index (κ2) is 6.83. The fourth-order valence-electron chi connectivity index (χ4n) is 3.26. The predicted molar refractivity (Wildman–Crippen MR) is 104 cm³/mol. The summed E-state index contributed by atoms with van der Waals surface area (Å²) in [5, 5.41) is 4.30. The predicted octanol–water partition coefficient (Wildman–Crippen LogP) is 4.97. The highest BCUT2D eigenvalue weighted by atomic mass is 19.1. The maximum atomic E-state index is 14.4. The molecule has 0 radical (unpaired) electrons. The topological polar surface area (TPSA) is 39.9 Å². The van der Waals surface area contributed by atoms with Crippen molar-refractivity contribution in [3.05, 3.63) is 77.4 Å². The molecule has 4 nitrogen and oxygen atoms in total. The summed E-state index contributed by atoms with van der Waals surface area (Å²) in [7, 11) is 1.88. The van der Waals surface area contributed by atoms with E-state index in [1.54, 1.807) is 16.9 Å². The molecule has 27 heavy (non-hydrogen) atoms. The van der Waals surface area contributed by atoms with Gasteiger partial charge in [-0.1, -0.05) is 18.2 Å². The number of hydrogen-bond donors (Lipinski definition) is 0. The molecule has 0 spiro atoms. The van der Waals surface area contributed by atoms with Crippen LogP contribution in [0.25, 0.3) is 22.2 Å². The van der Waals surface area contributed by atoms with E-state index in [1.807, 2.05) is 57.3 Å². The Morgan fingerprint density at radius 3 is 2.74 bits per heavy atom. The molecule has 136 valence electrons. The summed E-state index contributed by atoms with van der Waals surface area (Å²) < 4.78 is 22.0. The number of ether oxygens (including phenoxy) is 1. The molecule has 0 bridgehead atoms. The first kappa shape index (κ1) is 17.2. The SMILES string of the molecule is Cc1cccc(OCc2cc(-c3cc(C)nc4cnn(C)c34)ccc2F)c1. The molecule has 4 rings (SSSR count).